The van der Waals surface area contributed by atoms with Crippen molar-refractivity contribution >= 4 is 27.5 Å². The minimum atomic E-state index is 0.146. The first-order chi connectivity index (χ1) is 14.1. The Morgan fingerprint density at radius 3 is 2.59 bits per heavy atom. The number of piperazine rings is 1. The van der Waals surface area contributed by atoms with E-state index in [1.807, 2.05) is 18.2 Å². The maximum Gasteiger partial charge on any atom is 0.220 e. The molecule has 3 rings (SSSR count). The predicted octanol–water partition coefficient (Wildman–Crippen LogP) is 4.41. The van der Waals surface area contributed by atoms with Crippen LogP contribution < -0.4 is 10.2 Å². The van der Waals surface area contributed by atoms with E-state index in [0.29, 0.717) is 6.42 Å². The summed E-state index contributed by atoms with van der Waals surface area (Å²) in [5.74, 6) is 0.146. The highest BCUT2D eigenvalue weighted by Gasteiger charge is 2.16. The smallest absolute Gasteiger partial charge is 0.220 e. The molecule has 0 spiro atoms. The quantitative estimate of drug-likeness (QED) is 0.566. The second kappa shape index (κ2) is 11.4. The van der Waals surface area contributed by atoms with Crippen LogP contribution in [0.3, 0.4) is 0 Å². The van der Waals surface area contributed by atoms with Gasteiger partial charge >= 0.3 is 0 Å². The van der Waals surface area contributed by atoms with Crippen molar-refractivity contribution in [3.8, 4) is 0 Å². The van der Waals surface area contributed by atoms with Crippen LogP contribution >= 0.6 is 15.9 Å². The van der Waals surface area contributed by atoms with Gasteiger partial charge in [-0.15, -0.1) is 0 Å². The van der Waals surface area contributed by atoms with Gasteiger partial charge in [0, 0.05) is 49.3 Å². The fourth-order valence-corrected chi connectivity index (χ4v) is 4.26. The number of halogens is 1. The molecule has 0 aromatic heterocycles. The highest BCUT2D eigenvalue weighted by molar-refractivity contribution is 9.10. The van der Waals surface area contributed by atoms with E-state index in [-0.39, 0.29) is 5.91 Å². The Bertz CT molecular complexity index is 787. The molecule has 0 aliphatic carbocycles. The van der Waals surface area contributed by atoms with Crippen molar-refractivity contribution in [2.24, 2.45) is 0 Å². The molecule has 2 aromatic rings. The third kappa shape index (κ3) is 7.16. The van der Waals surface area contributed by atoms with Gasteiger partial charge in [0.1, 0.15) is 0 Å². The first-order valence-corrected chi connectivity index (χ1v) is 11.5. The second-order valence-electron chi connectivity index (χ2n) is 7.82. The number of hydrogen-bond acceptors (Lipinski definition) is 3. The SMILES string of the molecule is Cc1cccc(N2CCN(CCCCNC(=O)CCc3ccccc3Br)CC2)c1. The van der Waals surface area contributed by atoms with Gasteiger partial charge < -0.3 is 10.2 Å². The van der Waals surface area contributed by atoms with Gasteiger partial charge in [-0.1, -0.05) is 46.3 Å². The van der Waals surface area contributed by atoms with Crippen LogP contribution in [0.15, 0.2) is 53.0 Å². The number of aryl methyl sites for hydroxylation is 2. The van der Waals surface area contributed by atoms with Crippen molar-refractivity contribution in [2.75, 3.05) is 44.2 Å². The third-order valence-electron chi connectivity index (χ3n) is 5.54. The van der Waals surface area contributed by atoms with Crippen molar-refractivity contribution in [1.29, 1.82) is 0 Å². The Morgan fingerprint density at radius 1 is 1.03 bits per heavy atom. The van der Waals surface area contributed by atoms with Gasteiger partial charge in [0.05, 0.1) is 0 Å². The van der Waals surface area contributed by atoms with Crippen LogP contribution in [-0.2, 0) is 11.2 Å². The number of carbonyl (C=O) groups is 1. The fraction of sp³-hybridized carbons (Fsp3) is 0.458. The molecule has 1 heterocycles. The molecule has 2 aromatic carbocycles. The van der Waals surface area contributed by atoms with Gasteiger partial charge in [-0.3, -0.25) is 9.69 Å². The summed E-state index contributed by atoms with van der Waals surface area (Å²) in [6.07, 6.45) is 3.50. The monoisotopic (exact) mass is 457 g/mol. The van der Waals surface area contributed by atoms with Gasteiger partial charge in [-0.2, -0.15) is 0 Å². The van der Waals surface area contributed by atoms with Crippen LogP contribution in [0.5, 0.6) is 0 Å². The first kappa shape index (κ1) is 21.8. The van der Waals surface area contributed by atoms with Gasteiger partial charge in [0.2, 0.25) is 5.91 Å². The molecule has 29 heavy (non-hydrogen) atoms. The molecule has 1 aliphatic rings. The number of anilines is 1. The number of carbonyl (C=O) groups excluding carboxylic acids is 1. The summed E-state index contributed by atoms with van der Waals surface area (Å²) in [7, 11) is 0. The largest absolute Gasteiger partial charge is 0.369 e. The summed E-state index contributed by atoms with van der Waals surface area (Å²) in [6.45, 7) is 8.47. The zero-order valence-corrected chi connectivity index (χ0v) is 19.0. The molecule has 1 amide bonds. The van der Waals surface area contributed by atoms with Gasteiger partial charge in [-0.05, 0) is 62.1 Å². The topological polar surface area (TPSA) is 35.6 Å². The Morgan fingerprint density at radius 2 is 1.83 bits per heavy atom. The lowest BCUT2D eigenvalue weighted by molar-refractivity contribution is -0.121. The first-order valence-electron chi connectivity index (χ1n) is 10.7. The number of unbranched alkanes of at least 4 members (excludes halogenated alkanes) is 1. The Kier molecular flexibility index (Phi) is 8.56. The Balaban J connectivity index is 1.25. The van der Waals surface area contributed by atoms with Crippen molar-refractivity contribution in [1.82, 2.24) is 10.2 Å². The molecule has 4 nitrogen and oxygen atoms in total. The lowest BCUT2D eigenvalue weighted by atomic mass is 10.1. The van der Waals surface area contributed by atoms with Gasteiger partial charge in [-0.25, -0.2) is 0 Å². The normalized spacial score (nSPS) is 14.8. The summed E-state index contributed by atoms with van der Waals surface area (Å²) in [6, 6.07) is 16.9. The van der Waals surface area contributed by atoms with Crippen molar-refractivity contribution in [3.05, 3.63) is 64.1 Å². The fourth-order valence-electron chi connectivity index (χ4n) is 3.78. The van der Waals surface area contributed by atoms with Crippen LogP contribution in [0.1, 0.15) is 30.4 Å². The number of nitrogens with zero attached hydrogens (tertiary/aromatic N) is 2. The van der Waals surface area contributed by atoms with E-state index >= 15 is 0 Å². The van der Waals surface area contributed by atoms with Crippen LogP contribution in [0.4, 0.5) is 5.69 Å². The molecule has 0 bridgehead atoms. The van der Waals surface area contributed by atoms with E-state index in [9.17, 15) is 4.79 Å². The molecular formula is C24H32BrN3O. The lowest BCUT2D eigenvalue weighted by Gasteiger charge is -2.36. The Labute approximate surface area is 183 Å². The average Bonchev–Trinajstić information content (AvgIpc) is 2.73. The highest BCUT2D eigenvalue weighted by Crippen LogP contribution is 2.18. The molecular weight excluding hydrogens is 426 g/mol. The number of benzene rings is 2. The average molecular weight is 458 g/mol. The van der Waals surface area contributed by atoms with E-state index in [0.717, 1.165) is 63.0 Å². The van der Waals surface area contributed by atoms with Gasteiger partial charge in [0.15, 0.2) is 0 Å². The van der Waals surface area contributed by atoms with Crippen molar-refractivity contribution in [2.45, 2.75) is 32.6 Å². The zero-order chi connectivity index (χ0) is 20.5. The summed E-state index contributed by atoms with van der Waals surface area (Å²) in [4.78, 5) is 17.1. The minimum Gasteiger partial charge on any atom is -0.369 e. The third-order valence-corrected chi connectivity index (χ3v) is 6.32. The van der Waals surface area contributed by atoms with Crippen LogP contribution in [0.25, 0.3) is 0 Å². The summed E-state index contributed by atoms with van der Waals surface area (Å²) >= 11 is 3.54. The maximum absolute atomic E-state index is 12.0. The van der Waals surface area contributed by atoms with E-state index in [2.05, 4.69) is 68.3 Å². The predicted molar refractivity (Wildman–Crippen MR) is 125 cm³/mol. The number of hydrogen-bond donors (Lipinski definition) is 1. The summed E-state index contributed by atoms with van der Waals surface area (Å²) in [5.41, 5.74) is 3.85. The summed E-state index contributed by atoms with van der Waals surface area (Å²) in [5, 5.41) is 3.06. The van der Waals surface area contributed by atoms with Gasteiger partial charge in [0.25, 0.3) is 0 Å². The highest BCUT2D eigenvalue weighted by atomic mass is 79.9. The zero-order valence-electron chi connectivity index (χ0n) is 17.4. The molecule has 0 atom stereocenters. The molecule has 5 heteroatoms. The van der Waals surface area contributed by atoms with Crippen molar-refractivity contribution in [3.63, 3.8) is 0 Å². The minimum absolute atomic E-state index is 0.146. The standard InChI is InChI=1S/C24H32BrN3O/c1-20-7-6-9-22(19-20)28-17-15-27(16-18-28)14-5-4-13-26-24(29)12-11-21-8-2-3-10-23(21)25/h2-3,6-10,19H,4-5,11-18H2,1H3,(H,26,29). The number of amides is 1. The molecule has 156 valence electrons. The van der Waals surface area contributed by atoms with Crippen molar-refractivity contribution < 1.29 is 4.79 Å². The molecule has 1 aliphatic heterocycles. The molecule has 1 N–H and O–H groups in total. The molecule has 1 fully saturated rings. The number of nitrogens with one attached hydrogen (secondary N) is 1. The van der Waals surface area contributed by atoms with E-state index in [4.69, 9.17) is 0 Å². The van der Waals surface area contributed by atoms with E-state index < -0.39 is 0 Å². The Hall–Kier alpha value is -1.85. The van der Waals surface area contributed by atoms with E-state index in [1.165, 1.54) is 16.8 Å². The molecule has 0 saturated carbocycles. The number of rotatable bonds is 9. The van der Waals surface area contributed by atoms with E-state index in [1.54, 1.807) is 0 Å². The second-order valence-corrected chi connectivity index (χ2v) is 8.67. The molecule has 0 radical (unpaired) electrons. The summed E-state index contributed by atoms with van der Waals surface area (Å²) < 4.78 is 1.08. The van der Waals surface area contributed by atoms with Crippen LogP contribution in [0, 0.1) is 6.92 Å². The van der Waals surface area contributed by atoms with Crippen LogP contribution in [-0.4, -0.2) is 50.1 Å². The van der Waals surface area contributed by atoms with Crippen LogP contribution in [0.2, 0.25) is 0 Å². The molecule has 0 unspecified atom stereocenters. The molecule has 1 saturated heterocycles. The lowest BCUT2D eigenvalue weighted by Crippen LogP contribution is -2.46. The maximum atomic E-state index is 12.0.